The molecule has 4 heterocycles. The molecule has 9 rings (SSSR count). The van der Waals surface area contributed by atoms with Crippen molar-refractivity contribution < 1.29 is 29.6 Å². The first-order valence-electron chi connectivity index (χ1n) is 22.4. The number of benzene rings is 1. The van der Waals surface area contributed by atoms with Gasteiger partial charge in [0, 0.05) is 65.3 Å². The number of aromatic nitrogens is 4. The molecule has 336 valence electrons. The van der Waals surface area contributed by atoms with Crippen molar-refractivity contribution in [2.45, 2.75) is 104 Å². The summed E-state index contributed by atoms with van der Waals surface area (Å²) in [6.45, 7) is 12.0. The second-order valence-electron chi connectivity index (χ2n) is 19.7. The highest BCUT2D eigenvalue weighted by Crippen LogP contribution is 2.85. The molecule has 0 radical (unpaired) electrons. The number of aliphatic hydroxyl groups is 2. The number of methoxy groups -OCH3 is 1. The van der Waals surface area contributed by atoms with E-state index in [-0.39, 0.29) is 39.6 Å². The number of hydrogen-bond acceptors (Lipinski definition) is 15. The zero-order valence-electron chi connectivity index (χ0n) is 37.1. The van der Waals surface area contributed by atoms with Crippen molar-refractivity contribution in [2.75, 3.05) is 56.7 Å². The van der Waals surface area contributed by atoms with Crippen LogP contribution in [-0.2, 0) is 11.2 Å². The number of nitrogens with one attached hydrogen (secondary N) is 4. The first kappa shape index (κ1) is 43.5. The molecule has 63 heavy (non-hydrogen) atoms. The first-order chi connectivity index (χ1) is 30.2. The Morgan fingerprint density at radius 2 is 1.92 bits per heavy atom. The molecule has 0 saturated heterocycles. The highest BCUT2D eigenvalue weighted by Gasteiger charge is 2.82. The van der Waals surface area contributed by atoms with Crippen LogP contribution < -0.4 is 25.6 Å². The number of thiazole rings is 1. The van der Waals surface area contributed by atoms with Crippen LogP contribution in [0.1, 0.15) is 106 Å². The van der Waals surface area contributed by atoms with Crippen LogP contribution in [0.2, 0.25) is 0 Å². The Kier molecular flexibility index (Phi) is 11.3. The van der Waals surface area contributed by atoms with Gasteiger partial charge in [-0.25, -0.2) is 14.8 Å². The molecule has 16 heteroatoms. The van der Waals surface area contributed by atoms with Crippen molar-refractivity contribution in [3.05, 3.63) is 58.4 Å². The number of fused-ring (bicyclic) bond motifs is 4. The number of nitrogens with zero attached hydrogens (tertiary/aromatic N) is 5. The quantitative estimate of drug-likeness (QED) is 0.0391. The third kappa shape index (κ3) is 7.44. The summed E-state index contributed by atoms with van der Waals surface area (Å²) in [5.41, 5.74) is 4.79. The Labute approximate surface area is 372 Å². The molecule has 3 bridgehead atoms. The maximum Gasteiger partial charge on any atom is 0.355 e. The average Bonchev–Trinajstić information content (AvgIpc) is 3.75. The van der Waals surface area contributed by atoms with Gasteiger partial charge in [-0.15, -0.1) is 10.2 Å². The van der Waals surface area contributed by atoms with E-state index in [9.17, 15) is 15.0 Å². The summed E-state index contributed by atoms with van der Waals surface area (Å²) < 4.78 is 13.3. The van der Waals surface area contributed by atoms with E-state index in [0.29, 0.717) is 66.4 Å². The van der Waals surface area contributed by atoms with Gasteiger partial charge in [0.1, 0.15) is 11.6 Å². The van der Waals surface area contributed by atoms with E-state index in [2.05, 4.69) is 40.0 Å². The van der Waals surface area contributed by atoms with Crippen molar-refractivity contribution in [3.8, 4) is 5.75 Å². The second-order valence-corrected chi connectivity index (χ2v) is 20.7. The molecule has 5 aliphatic rings. The SMILES string of the molecule is COc1ccc2sc(Nc3nnc4c(c3C)CCCN4c3ccc(/C(C=N)=C(\C)NCC45CCC6(C)CC7(OCCNCC[C@@H](O)CO)CC(C)(C4)CC67C5)c(C(=O)O)n3)nc2c1. The number of pyridine rings is 1. The van der Waals surface area contributed by atoms with Gasteiger partial charge in [-0.2, -0.15) is 0 Å². The summed E-state index contributed by atoms with van der Waals surface area (Å²) in [6.07, 6.45) is 10.5. The minimum absolute atomic E-state index is 0.0571. The number of hydrogen-bond donors (Lipinski definition) is 7. The van der Waals surface area contributed by atoms with Crippen LogP contribution in [0.5, 0.6) is 5.75 Å². The number of aromatic carboxylic acids is 1. The zero-order chi connectivity index (χ0) is 44.4. The molecule has 4 fully saturated rings. The highest BCUT2D eigenvalue weighted by atomic mass is 32.1. The number of carboxylic acids is 1. The third-order valence-corrected chi connectivity index (χ3v) is 16.4. The molecule has 5 unspecified atom stereocenters. The Hall–Kier alpha value is -4.74. The lowest BCUT2D eigenvalue weighted by Crippen LogP contribution is -2.71. The second kappa shape index (κ2) is 16.4. The lowest BCUT2D eigenvalue weighted by Gasteiger charge is -2.73. The fourth-order valence-corrected chi connectivity index (χ4v) is 13.7. The van der Waals surface area contributed by atoms with Gasteiger partial charge in [-0.05, 0) is 125 Å². The van der Waals surface area contributed by atoms with Crippen LogP contribution in [0.4, 0.5) is 22.6 Å². The van der Waals surface area contributed by atoms with E-state index >= 15 is 0 Å². The van der Waals surface area contributed by atoms with E-state index in [1.54, 1.807) is 13.2 Å². The zero-order valence-corrected chi connectivity index (χ0v) is 37.9. The van der Waals surface area contributed by atoms with Crippen LogP contribution in [0, 0.1) is 34.0 Å². The van der Waals surface area contributed by atoms with E-state index in [1.165, 1.54) is 24.0 Å². The number of allylic oxidation sites excluding steroid dienone is 2. The molecule has 4 aliphatic carbocycles. The molecular weight excluding hydrogens is 819 g/mol. The van der Waals surface area contributed by atoms with Gasteiger partial charge in [0.15, 0.2) is 22.5 Å². The summed E-state index contributed by atoms with van der Waals surface area (Å²) >= 11 is 1.53. The summed E-state index contributed by atoms with van der Waals surface area (Å²) in [6, 6.07) is 9.41. The number of rotatable bonds is 18. The monoisotopic (exact) mass is 879 g/mol. The van der Waals surface area contributed by atoms with Crippen molar-refractivity contribution >= 4 is 61.9 Å². The maximum atomic E-state index is 13.0. The standard InChI is InChI=1S/C47H61N9O6S/c1-28-32-7-6-17-56(40(32)55-54-39(28)53-42-51-35-19-31(61-5)8-10-36(35)63-42)37-11-9-33(38(52-37)41(59)60)34(20-48)29(2)50-27-45-14-13-44(4)25-47(62-18-16-49-15-12-30(58)21-57)24-43(3,22-45)23-46(44,47)26-45/h8-11,19-20,30,48-50,57-58H,6-7,12-18,21-27H2,1-5H3,(H,59,60)(H,51,53,54)/b34-29+,48-20?/t30-,43?,44?,45?,46?,47?/m1/s1. The van der Waals surface area contributed by atoms with Gasteiger partial charge >= 0.3 is 5.97 Å². The largest absolute Gasteiger partial charge is 0.497 e. The summed E-state index contributed by atoms with van der Waals surface area (Å²) in [7, 11) is 1.64. The van der Waals surface area contributed by atoms with Crippen molar-refractivity contribution in [1.82, 2.24) is 30.8 Å². The van der Waals surface area contributed by atoms with Crippen LogP contribution in [0.25, 0.3) is 15.8 Å². The Balaban J connectivity index is 0.916. The number of ether oxygens (including phenoxy) is 2. The predicted molar refractivity (Wildman–Crippen MR) is 245 cm³/mol. The number of carbonyl (C=O) groups is 1. The van der Waals surface area contributed by atoms with Gasteiger partial charge in [0.25, 0.3) is 0 Å². The molecule has 15 nitrogen and oxygen atoms in total. The van der Waals surface area contributed by atoms with E-state index in [1.807, 2.05) is 43.0 Å². The molecule has 4 saturated carbocycles. The van der Waals surface area contributed by atoms with E-state index < -0.39 is 12.1 Å². The molecule has 0 amide bonds. The van der Waals surface area contributed by atoms with Gasteiger partial charge in [0.05, 0.1) is 42.2 Å². The fourth-order valence-electron chi connectivity index (χ4n) is 12.9. The van der Waals surface area contributed by atoms with Crippen LogP contribution >= 0.6 is 11.3 Å². The number of anilines is 4. The van der Waals surface area contributed by atoms with Gasteiger partial charge in [-0.3, -0.25) is 0 Å². The Morgan fingerprint density at radius 3 is 2.70 bits per heavy atom. The first-order valence-corrected chi connectivity index (χ1v) is 23.2. The molecule has 6 atom stereocenters. The number of aliphatic hydroxyl groups excluding tert-OH is 2. The van der Waals surface area contributed by atoms with Gasteiger partial charge in [0.2, 0.25) is 0 Å². The lowest BCUT2D eigenvalue weighted by atomic mass is 9.34. The Bertz CT molecular complexity index is 2480. The topological polar surface area (TPSA) is 211 Å². The molecule has 1 aromatic carbocycles. The molecule has 1 aliphatic heterocycles. The molecule has 3 aromatic heterocycles. The molecular formula is C47H61N9O6S. The lowest BCUT2D eigenvalue weighted by molar-refractivity contribution is -0.299. The highest BCUT2D eigenvalue weighted by molar-refractivity contribution is 7.22. The van der Waals surface area contributed by atoms with Crippen LogP contribution in [0.15, 0.2) is 36.0 Å². The van der Waals surface area contributed by atoms with Crippen molar-refractivity contribution in [1.29, 1.82) is 5.41 Å². The summed E-state index contributed by atoms with van der Waals surface area (Å²) in [4.78, 5) is 24.4. The van der Waals surface area contributed by atoms with Crippen LogP contribution in [-0.4, -0.2) is 106 Å². The molecule has 4 aromatic rings. The van der Waals surface area contributed by atoms with Crippen molar-refractivity contribution in [2.24, 2.45) is 21.7 Å². The van der Waals surface area contributed by atoms with Crippen molar-refractivity contribution in [3.63, 3.8) is 0 Å². The van der Waals surface area contributed by atoms with Gasteiger partial charge in [-0.1, -0.05) is 25.2 Å². The van der Waals surface area contributed by atoms with Crippen LogP contribution in [0.3, 0.4) is 0 Å². The predicted octanol–water partition coefficient (Wildman–Crippen LogP) is 7.15. The smallest absolute Gasteiger partial charge is 0.355 e. The maximum absolute atomic E-state index is 13.0. The average molecular weight is 880 g/mol. The van der Waals surface area contributed by atoms with E-state index in [0.717, 1.165) is 90.7 Å². The third-order valence-electron chi connectivity index (χ3n) is 15.5. The minimum atomic E-state index is -1.16. The molecule has 1 spiro atoms. The van der Waals surface area contributed by atoms with E-state index in [4.69, 9.17) is 30.0 Å². The fraction of sp³-hybridized carbons (Fsp3) is 0.574. The summed E-state index contributed by atoms with van der Waals surface area (Å²) in [5, 5.41) is 58.4. The molecule has 7 N–H and O–H groups in total. The Morgan fingerprint density at radius 1 is 1.08 bits per heavy atom. The number of carboxylic acid groups (broad SMARTS) is 1. The van der Waals surface area contributed by atoms with Gasteiger partial charge < -0.3 is 51.1 Å². The minimum Gasteiger partial charge on any atom is -0.497 e. The normalized spacial score (nSPS) is 28.8. The summed E-state index contributed by atoms with van der Waals surface area (Å²) in [5.74, 6) is 1.33.